The SMILES string of the molecule is CN1C(=O)c2ccc(NC(=O)COC(=O)c3cccc(S(=O)(=O)NCc4ccco4)c3)cc2C1=O. The molecule has 12 heteroatoms. The van der Waals surface area contributed by atoms with Gasteiger partial charge >= 0.3 is 5.97 Å². The van der Waals surface area contributed by atoms with E-state index in [2.05, 4.69) is 10.0 Å². The Balaban J connectivity index is 1.35. The predicted octanol–water partition coefficient (Wildman–Crippen LogP) is 1.78. The van der Waals surface area contributed by atoms with Gasteiger partial charge in [0.15, 0.2) is 6.61 Å². The molecule has 0 saturated heterocycles. The number of fused-ring (bicyclic) bond motifs is 1. The Morgan fingerprint density at radius 1 is 1.00 bits per heavy atom. The van der Waals surface area contributed by atoms with Crippen molar-refractivity contribution in [3.63, 3.8) is 0 Å². The number of carbonyl (C=O) groups excluding carboxylic acids is 4. The maximum absolute atomic E-state index is 12.5. The molecule has 0 spiro atoms. The number of hydrogen-bond donors (Lipinski definition) is 2. The number of furan rings is 1. The fourth-order valence-corrected chi connectivity index (χ4v) is 4.34. The normalized spacial score (nSPS) is 13.0. The highest BCUT2D eigenvalue weighted by atomic mass is 32.2. The van der Waals surface area contributed by atoms with Crippen LogP contribution in [0.15, 0.2) is 70.2 Å². The molecule has 0 unspecified atom stereocenters. The van der Waals surface area contributed by atoms with E-state index in [1.807, 2.05) is 0 Å². The third-order valence-corrected chi connectivity index (χ3v) is 6.50. The number of sulfonamides is 1. The van der Waals surface area contributed by atoms with Gasteiger partial charge < -0.3 is 14.5 Å². The smallest absolute Gasteiger partial charge is 0.338 e. The molecule has 0 aliphatic carbocycles. The molecule has 35 heavy (non-hydrogen) atoms. The van der Waals surface area contributed by atoms with Gasteiger partial charge in [-0.1, -0.05) is 6.07 Å². The van der Waals surface area contributed by atoms with Crippen LogP contribution in [0.4, 0.5) is 5.69 Å². The fourth-order valence-electron chi connectivity index (χ4n) is 3.30. The molecule has 1 aliphatic heterocycles. The van der Waals surface area contributed by atoms with Crippen LogP contribution < -0.4 is 10.0 Å². The zero-order valence-corrected chi connectivity index (χ0v) is 19.1. The molecular weight excluding hydrogens is 478 g/mol. The zero-order valence-electron chi connectivity index (χ0n) is 18.3. The average molecular weight is 497 g/mol. The molecule has 3 aromatic rings. The molecule has 3 amide bonds. The number of amides is 3. The minimum absolute atomic E-state index is 0.0663. The summed E-state index contributed by atoms with van der Waals surface area (Å²) in [5.41, 5.74) is 0.571. The van der Waals surface area contributed by atoms with Crippen molar-refractivity contribution in [2.75, 3.05) is 19.0 Å². The van der Waals surface area contributed by atoms with E-state index < -0.39 is 40.3 Å². The molecule has 0 atom stereocenters. The quantitative estimate of drug-likeness (QED) is 0.353. The van der Waals surface area contributed by atoms with Crippen LogP contribution in [0.25, 0.3) is 0 Å². The summed E-state index contributed by atoms with van der Waals surface area (Å²) in [6.45, 7) is -0.723. The number of esters is 1. The first-order valence-corrected chi connectivity index (χ1v) is 11.7. The summed E-state index contributed by atoms with van der Waals surface area (Å²) in [4.78, 5) is 49.4. The van der Waals surface area contributed by atoms with Gasteiger partial charge in [0.2, 0.25) is 10.0 Å². The van der Waals surface area contributed by atoms with Crippen LogP contribution in [-0.2, 0) is 26.1 Å². The van der Waals surface area contributed by atoms with Gasteiger partial charge in [0.05, 0.1) is 34.4 Å². The molecule has 0 saturated carbocycles. The number of ether oxygens (including phenoxy) is 1. The number of carbonyl (C=O) groups is 4. The Kier molecular flexibility index (Phi) is 6.49. The largest absolute Gasteiger partial charge is 0.468 e. The van der Waals surface area contributed by atoms with Crippen molar-refractivity contribution >= 4 is 39.4 Å². The van der Waals surface area contributed by atoms with Gasteiger partial charge in [0.1, 0.15) is 5.76 Å². The van der Waals surface area contributed by atoms with Crippen LogP contribution in [0.2, 0.25) is 0 Å². The maximum atomic E-state index is 12.5. The number of anilines is 1. The summed E-state index contributed by atoms with van der Waals surface area (Å²) in [6, 6.07) is 12.6. The molecule has 4 rings (SSSR count). The first-order valence-electron chi connectivity index (χ1n) is 10.2. The van der Waals surface area contributed by atoms with E-state index in [4.69, 9.17) is 9.15 Å². The van der Waals surface area contributed by atoms with Gasteiger partial charge in [0, 0.05) is 12.7 Å². The van der Waals surface area contributed by atoms with Gasteiger partial charge in [0.25, 0.3) is 17.7 Å². The standard InChI is InChI=1S/C23H19N3O8S/c1-26-21(28)18-8-7-15(11-19(18)22(26)29)25-20(27)13-34-23(30)14-4-2-6-17(10-14)35(31,32)24-12-16-5-3-9-33-16/h2-11,24H,12-13H2,1H3,(H,25,27). The van der Waals surface area contributed by atoms with E-state index in [-0.39, 0.29) is 33.8 Å². The third kappa shape index (κ3) is 5.13. The molecule has 1 aliphatic rings. The Morgan fingerprint density at radius 3 is 2.51 bits per heavy atom. The highest BCUT2D eigenvalue weighted by molar-refractivity contribution is 7.89. The third-order valence-electron chi connectivity index (χ3n) is 5.10. The number of hydrogen-bond acceptors (Lipinski definition) is 8. The van der Waals surface area contributed by atoms with E-state index >= 15 is 0 Å². The van der Waals surface area contributed by atoms with Gasteiger partial charge in [-0.15, -0.1) is 0 Å². The molecule has 2 N–H and O–H groups in total. The number of benzene rings is 2. The molecule has 11 nitrogen and oxygen atoms in total. The second-order valence-electron chi connectivity index (χ2n) is 7.49. The Labute approximate surface area is 199 Å². The van der Waals surface area contributed by atoms with Crippen LogP contribution in [0, 0.1) is 0 Å². The lowest BCUT2D eigenvalue weighted by atomic mass is 10.1. The summed E-state index contributed by atoms with van der Waals surface area (Å²) in [5, 5.41) is 2.48. The first kappa shape index (κ1) is 23.9. The number of nitrogens with zero attached hydrogens (tertiary/aromatic N) is 1. The van der Waals surface area contributed by atoms with E-state index in [9.17, 15) is 27.6 Å². The van der Waals surface area contributed by atoms with Crippen LogP contribution in [0.3, 0.4) is 0 Å². The van der Waals surface area contributed by atoms with E-state index in [0.717, 1.165) is 11.0 Å². The van der Waals surface area contributed by atoms with Gasteiger partial charge in [-0.05, 0) is 48.5 Å². The molecule has 2 heterocycles. The zero-order chi connectivity index (χ0) is 25.2. The molecule has 0 radical (unpaired) electrons. The number of imide groups is 1. The molecule has 0 bridgehead atoms. The lowest BCUT2D eigenvalue weighted by Gasteiger charge is -2.09. The highest BCUT2D eigenvalue weighted by Crippen LogP contribution is 2.24. The van der Waals surface area contributed by atoms with Crippen molar-refractivity contribution in [3.8, 4) is 0 Å². The first-order chi connectivity index (χ1) is 16.7. The number of nitrogens with one attached hydrogen (secondary N) is 2. The number of rotatable bonds is 8. The summed E-state index contributed by atoms with van der Waals surface area (Å²) < 4.78 is 37.4. The second kappa shape index (κ2) is 9.52. The lowest BCUT2D eigenvalue weighted by molar-refractivity contribution is -0.119. The van der Waals surface area contributed by atoms with Gasteiger partial charge in [-0.3, -0.25) is 19.3 Å². The van der Waals surface area contributed by atoms with Crippen LogP contribution in [0.1, 0.15) is 36.8 Å². The van der Waals surface area contributed by atoms with Crippen molar-refractivity contribution < 1.29 is 36.7 Å². The highest BCUT2D eigenvalue weighted by Gasteiger charge is 2.32. The topological polar surface area (TPSA) is 152 Å². The van der Waals surface area contributed by atoms with Crippen LogP contribution >= 0.6 is 0 Å². The summed E-state index contributed by atoms with van der Waals surface area (Å²) in [6.07, 6.45) is 1.42. The second-order valence-corrected chi connectivity index (χ2v) is 9.25. The predicted molar refractivity (Wildman–Crippen MR) is 121 cm³/mol. The van der Waals surface area contributed by atoms with Gasteiger partial charge in [-0.2, -0.15) is 0 Å². The minimum Gasteiger partial charge on any atom is -0.468 e. The van der Waals surface area contributed by atoms with E-state index in [1.165, 1.54) is 49.7 Å². The lowest BCUT2D eigenvalue weighted by Crippen LogP contribution is -2.24. The molecule has 0 fully saturated rings. The van der Waals surface area contributed by atoms with Crippen molar-refractivity contribution in [3.05, 3.63) is 83.3 Å². The average Bonchev–Trinajstić information content (AvgIpc) is 3.45. The van der Waals surface area contributed by atoms with Crippen molar-refractivity contribution in [1.29, 1.82) is 0 Å². The van der Waals surface area contributed by atoms with Crippen molar-refractivity contribution in [2.24, 2.45) is 0 Å². The van der Waals surface area contributed by atoms with Gasteiger partial charge in [-0.25, -0.2) is 17.9 Å². The van der Waals surface area contributed by atoms with Crippen molar-refractivity contribution in [1.82, 2.24) is 9.62 Å². The minimum atomic E-state index is -3.93. The van der Waals surface area contributed by atoms with Crippen LogP contribution in [-0.4, -0.2) is 50.7 Å². The van der Waals surface area contributed by atoms with E-state index in [0.29, 0.717) is 5.76 Å². The molecular formula is C23H19N3O8S. The summed E-state index contributed by atoms with van der Waals surface area (Å²) in [7, 11) is -2.57. The van der Waals surface area contributed by atoms with Crippen LogP contribution in [0.5, 0.6) is 0 Å². The Bertz CT molecular complexity index is 1430. The monoisotopic (exact) mass is 497 g/mol. The van der Waals surface area contributed by atoms with Crippen molar-refractivity contribution in [2.45, 2.75) is 11.4 Å². The fraction of sp³-hybridized carbons (Fsp3) is 0.130. The molecule has 2 aromatic carbocycles. The Hall–Kier alpha value is -4.29. The molecule has 1 aromatic heterocycles. The molecule has 180 valence electrons. The maximum Gasteiger partial charge on any atom is 0.338 e. The Morgan fingerprint density at radius 2 is 1.77 bits per heavy atom. The summed E-state index contributed by atoms with van der Waals surface area (Å²) >= 11 is 0. The summed E-state index contributed by atoms with van der Waals surface area (Å²) in [5.74, 6) is -2.09. The van der Waals surface area contributed by atoms with E-state index in [1.54, 1.807) is 12.1 Å².